The van der Waals surface area contributed by atoms with E-state index in [-0.39, 0.29) is 61.1 Å². The van der Waals surface area contributed by atoms with Crippen molar-refractivity contribution >= 4 is 114 Å². The average molecular weight is 1730 g/mol. The Hall–Kier alpha value is -8.28. The molecule has 33 nitrogen and oxygen atoms in total. The number of halogens is 13. The van der Waals surface area contributed by atoms with E-state index in [0.29, 0.717) is 97.8 Å². The first kappa shape index (κ1) is 105. The number of nitrogens with zero attached hydrogens (tertiary/aromatic N) is 18. The molecule has 10 rings (SSSR count). The fourth-order valence-electron chi connectivity index (χ4n) is 7.02. The Bertz CT molecular complexity index is 4130. The van der Waals surface area contributed by atoms with Gasteiger partial charge in [0.15, 0.2) is 70.5 Å². The smallest absolute Gasteiger partial charge is 0.463 e. The Morgan fingerprint density at radius 2 is 1.02 bits per heavy atom. The van der Waals surface area contributed by atoms with Crippen LogP contribution in [0.15, 0.2) is 96.7 Å². The highest BCUT2D eigenvalue weighted by atomic mass is 79.9. The highest BCUT2D eigenvalue weighted by Gasteiger charge is 2.52. The number of ether oxygens (including phenoxy) is 9. The third-order valence-electron chi connectivity index (χ3n) is 13.1. The molecule has 47 heteroatoms. The van der Waals surface area contributed by atoms with E-state index in [1.807, 2.05) is 27.7 Å². The second-order valence-corrected chi connectivity index (χ2v) is 23.8. The lowest BCUT2D eigenvalue weighted by molar-refractivity contribution is -0.190. The molecule has 2 atom stereocenters. The van der Waals surface area contributed by atoms with Crippen molar-refractivity contribution in [1.29, 1.82) is 0 Å². The van der Waals surface area contributed by atoms with E-state index >= 15 is 0 Å². The Kier molecular flexibility index (Phi) is 49.2. The van der Waals surface area contributed by atoms with Crippen LogP contribution in [-0.4, -0.2) is 209 Å². The van der Waals surface area contributed by atoms with Gasteiger partial charge in [-0.15, -0.1) is 20.4 Å². The summed E-state index contributed by atoms with van der Waals surface area (Å²) < 4.78 is 161. The standard InChI is InChI=1S/C15H13F4N5O2.C14H18BF4NO3.C7H8BrClN4O.C7H7ClN4O.C7H9ClN4O.C5H12O3.C4H5ClN4.5CH4/c1-8(15(17,18)19)26-14-10(16)3-9(4-21-14)11-6-24-12(5-20-11)22-23-13(24)7-25-2;1-8(14(17,18)19)21-11-10(16)6-9(7-20-11)15-22-12(2,3)13(4,5)23-15;1-14-4-5(8)12-13-7-3-10-6(9)2-11-7;1-13-4-7-11-10-6-2-9-5(8)3-12(6)7;1-13-3-2-11-12-7-5-9-6(8)4-10-7;1-6-4-5(7-2)8-3;5-3-1-8-4(9-6)2-7-3;;;;;/h3-6,8H,7H2,1-2H3;6-8H,1-5H3;2-3H,4H2,1H3,(H,11,13);2-3H,4H2,1H3;2,4-5H,3H2,1H3,(H,10,12);5H,4H2,1-3H3;1-2H,6H2,(H,8,9);5*1H4/b;;12-5-;;11-2+;;;;;;;/t2*8-;;;;;;;;;;/m00........../s1. The van der Waals surface area contributed by atoms with Crippen molar-refractivity contribution in [2.75, 3.05) is 85.9 Å². The van der Waals surface area contributed by atoms with Gasteiger partial charge in [-0.1, -0.05) is 83.5 Å². The van der Waals surface area contributed by atoms with E-state index in [9.17, 15) is 35.1 Å². The van der Waals surface area contributed by atoms with Gasteiger partial charge in [-0.2, -0.15) is 36.5 Å². The Morgan fingerprint density at radius 1 is 0.568 bits per heavy atom. The minimum absolute atomic E-state index is 0. The monoisotopic (exact) mass is 1730 g/mol. The number of methoxy groups -OCH3 is 7. The molecular formula is C64H92BBrCl4F8N22O11. The van der Waals surface area contributed by atoms with Crippen LogP contribution < -0.4 is 37.1 Å². The van der Waals surface area contributed by atoms with E-state index in [2.05, 4.69) is 122 Å². The van der Waals surface area contributed by atoms with Crippen molar-refractivity contribution in [2.24, 2.45) is 16.0 Å². The number of alkyl halides is 6. The zero-order valence-electron chi connectivity index (χ0n) is 58.5. The van der Waals surface area contributed by atoms with Gasteiger partial charge in [0, 0.05) is 85.6 Å². The molecule has 0 amide bonds. The van der Waals surface area contributed by atoms with Crippen molar-refractivity contribution in [3.63, 3.8) is 0 Å². The van der Waals surface area contributed by atoms with E-state index in [4.69, 9.17) is 94.7 Å². The van der Waals surface area contributed by atoms with Crippen molar-refractivity contribution in [3.8, 4) is 23.0 Å². The maximum atomic E-state index is 14.1. The van der Waals surface area contributed by atoms with Crippen LogP contribution in [0.5, 0.6) is 11.8 Å². The van der Waals surface area contributed by atoms with Gasteiger partial charge in [0.05, 0.1) is 92.5 Å². The summed E-state index contributed by atoms with van der Waals surface area (Å²) in [6.45, 7) is 10.8. The summed E-state index contributed by atoms with van der Waals surface area (Å²) in [6.07, 6.45) is 5.07. The SMILES string of the molecule is C.C.C.C.C.COC/C(Br)=N/Nc1cnc(Cl)cn1.COC/C=N/Nc1cnc(Cl)cn1.COCC(OC)OC.COCc1nnc2cnc(-c3cnc(O[C@@H](C)C(F)(F)F)c(F)c3)cn12.COCc1nnc2cnc(Cl)cn12.C[C@H](Oc1ncc(B2OC(C)(C)C(C)(C)O2)cc1F)C(F)(F)F.NNc1cnc(Cl)cn1. The molecule has 5 N–H and O–H groups in total. The maximum Gasteiger partial charge on any atom is 0.496 e. The van der Waals surface area contributed by atoms with Crippen LogP contribution in [-0.2, 0) is 55.7 Å². The van der Waals surface area contributed by atoms with Crippen molar-refractivity contribution in [2.45, 2.75) is 134 Å². The summed E-state index contributed by atoms with van der Waals surface area (Å²) in [6, 6.07) is 2.01. The molecule has 1 aliphatic heterocycles. The third-order valence-corrected chi connectivity index (χ3v) is 14.3. The van der Waals surface area contributed by atoms with Crippen LogP contribution in [0.4, 0.5) is 52.6 Å². The van der Waals surface area contributed by atoms with E-state index < -0.39 is 66.3 Å². The number of rotatable bonds is 23. The fraction of sp³-hybridized carbons (Fsp3) is 0.469. The summed E-state index contributed by atoms with van der Waals surface area (Å²) in [5.41, 5.74) is 8.43. The van der Waals surface area contributed by atoms with E-state index in [1.54, 1.807) is 76.3 Å². The molecule has 0 aromatic carbocycles. The quantitative estimate of drug-likeness (QED) is 0.0115. The van der Waals surface area contributed by atoms with Crippen LogP contribution in [0, 0.1) is 11.6 Å². The first-order valence-corrected chi connectivity index (χ1v) is 32.3. The number of hydrogen-bond donors (Lipinski definition) is 4. The molecule has 10 heterocycles. The van der Waals surface area contributed by atoms with Gasteiger partial charge in [-0.05, 0) is 69.6 Å². The molecule has 9 aromatic heterocycles. The number of hydrazone groups is 2. The van der Waals surface area contributed by atoms with Gasteiger partial charge in [0.1, 0.15) is 38.4 Å². The lowest BCUT2D eigenvalue weighted by atomic mass is 9.80. The molecular weight excluding hydrogens is 1640 g/mol. The summed E-state index contributed by atoms with van der Waals surface area (Å²) in [4.78, 5) is 38.2. The molecule has 9 aromatic rings. The number of nitrogens with two attached hydrogens (primary N) is 1. The van der Waals surface area contributed by atoms with Gasteiger partial charge in [0.25, 0.3) is 11.8 Å². The molecule has 0 aliphatic carbocycles. The number of fused-ring (bicyclic) bond motifs is 2. The zero-order valence-corrected chi connectivity index (χ0v) is 63.1. The Labute approximate surface area is 666 Å². The second kappa shape index (κ2) is 52.1. The number of hydrazine groups is 1. The molecule has 0 unspecified atom stereocenters. The minimum Gasteiger partial charge on any atom is -0.463 e. The van der Waals surface area contributed by atoms with Crippen LogP contribution in [0.25, 0.3) is 22.6 Å². The number of aromatic nitrogens is 16. The number of anilines is 3. The Morgan fingerprint density at radius 3 is 1.42 bits per heavy atom. The molecule has 1 aliphatic rings. The number of hydrogen-bond acceptors (Lipinski definition) is 31. The molecule has 0 saturated carbocycles. The van der Waals surface area contributed by atoms with Crippen molar-refractivity contribution in [1.82, 2.24) is 79.0 Å². The zero-order chi connectivity index (χ0) is 78.8. The van der Waals surface area contributed by atoms with Crippen molar-refractivity contribution < 1.29 is 87.1 Å². The normalized spacial score (nSPS) is 13.0. The number of nitrogens with one attached hydrogen (secondary N) is 3. The molecule has 1 saturated heterocycles. The van der Waals surface area contributed by atoms with Gasteiger partial charge < -0.3 is 57.4 Å². The summed E-state index contributed by atoms with van der Waals surface area (Å²) in [5.74, 6) is 4.30. The highest BCUT2D eigenvalue weighted by molar-refractivity contribution is 9.18. The lowest BCUT2D eigenvalue weighted by Crippen LogP contribution is -2.41. The molecule has 618 valence electrons. The van der Waals surface area contributed by atoms with Gasteiger partial charge in [0.2, 0.25) is 0 Å². The molecule has 1 fully saturated rings. The minimum atomic E-state index is -4.62. The average Bonchev–Trinajstić information content (AvgIpc) is 1.83. The van der Waals surface area contributed by atoms with Crippen LogP contribution in [0.3, 0.4) is 0 Å². The third kappa shape index (κ3) is 36.0. The largest absolute Gasteiger partial charge is 0.496 e. The van der Waals surface area contributed by atoms with Crippen LogP contribution >= 0.6 is 62.3 Å². The summed E-state index contributed by atoms with van der Waals surface area (Å²) in [7, 11) is 10.2. The molecule has 0 radical (unpaired) electrons. The predicted molar refractivity (Wildman–Crippen MR) is 412 cm³/mol. The van der Waals surface area contributed by atoms with Gasteiger partial charge in [-0.3, -0.25) is 24.6 Å². The molecule has 0 bridgehead atoms. The Balaban J connectivity index is 0. The first-order valence-electron chi connectivity index (χ1n) is 30.0. The molecule has 111 heavy (non-hydrogen) atoms. The second-order valence-electron chi connectivity index (χ2n) is 21.4. The van der Waals surface area contributed by atoms with E-state index in [1.165, 1.54) is 62.9 Å². The van der Waals surface area contributed by atoms with Crippen LogP contribution in [0.1, 0.15) is 90.3 Å². The number of pyridine rings is 2. The highest BCUT2D eigenvalue weighted by Crippen LogP contribution is 2.37. The predicted octanol–water partition coefficient (Wildman–Crippen LogP) is 13.5. The summed E-state index contributed by atoms with van der Waals surface area (Å²) >= 11 is 25.4. The first-order chi connectivity index (χ1) is 50.2. The molecule has 0 spiro atoms. The fourth-order valence-corrected chi connectivity index (χ4v) is 7.78. The van der Waals surface area contributed by atoms with Crippen LogP contribution in [0.2, 0.25) is 20.6 Å². The van der Waals surface area contributed by atoms with Gasteiger partial charge in [-0.25, -0.2) is 59.5 Å². The topological polar surface area (TPSA) is 378 Å². The summed E-state index contributed by atoms with van der Waals surface area (Å²) in [5, 5.41) is 24.9. The lowest BCUT2D eigenvalue weighted by Gasteiger charge is -2.32. The van der Waals surface area contributed by atoms with Gasteiger partial charge >= 0.3 is 19.5 Å². The van der Waals surface area contributed by atoms with E-state index in [0.717, 1.165) is 26.0 Å². The number of nitrogen functional groups attached to an aromatic ring is 1. The maximum absolute atomic E-state index is 14.1. The van der Waals surface area contributed by atoms with Crippen molar-refractivity contribution in [3.05, 3.63) is 130 Å².